The minimum Gasteiger partial charge on any atom is -0.506 e. The highest BCUT2D eigenvalue weighted by molar-refractivity contribution is 14.1. The van der Waals surface area contributed by atoms with Gasteiger partial charge in [-0.15, -0.1) is 0 Å². The number of hydrogen-bond donors (Lipinski definition) is 3. The van der Waals surface area contributed by atoms with Crippen molar-refractivity contribution in [3.05, 3.63) is 44.1 Å². The van der Waals surface area contributed by atoms with Crippen LogP contribution in [0.25, 0.3) is 0 Å². The maximum Gasteiger partial charge on any atom is 0.408 e. The predicted molar refractivity (Wildman–Crippen MR) is 150 cm³/mol. The lowest BCUT2D eigenvalue weighted by Gasteiger charge is -2.22. The molecule has 0 saturated heterocycles. The van der Waals surface area contributed by atoms with Crippen LogP contribution >= 0.6 is 90.4 Å². The van der Waals surface area contributed by atoms with Gasteiger partial charge in [0.05, 0.1) is 7.14 Å². The second-order valence-corrected chi connectivity index (χ2v) is 12.1. The van der Waals surface area contributed by atoms with Crippen molar-refractivity contribution in [1.82, 2.24) is 5.32 Å². The Labute approximate surface area is 234 Å². The molecule has 0 aliphatic carbocycles. The number of alkyl carbamates (subject to hydrolysis) is 1. The van der Waals surface area contributed by atoms with Crippen LogP contribution in [0.5, 0.6) is 17.2 Å². The first kappa shape index (κ1) is 26.9. The number of carbonyl (C=O) groups is 2. The SMILES string of the molecule is CC(C)(C)OC(=O)NC(Cc1c(I)cc(Oc2cc(I)c(O)c(I)c2)cc1I)C(=O)O. The number of halogens is 4. The van der Waals surface area contributed by atoms with Gasteiger partial charge in [-0.25, -0.2) is 9.59 Å². The van der Waals surface area contributed by atoms with Gasteiger partial charge < -0.3 is 25.0 Å². The normalized spacial score (nSPS) is 12.2. The van der Waals surface area contributed by atoms with Gasteiger partial charge in [-0.05, 0) is 141 Å². The highest BCUT2D eigenvalue weighted by Crippen LogP contribution is 2.34. The molecule has 11 heteroatoms. The van der Waals surface area contributed by atoms with Gasteiger partial charge >= 0.3 is 12.1 Å². The fourth-order valence-corrected chi connectivity index (χ4v) is 6.29. The lowest BCUT2D eigenvalue weighted by atomic mass is 10.1. The topological polar surface area (TPSA) is 105 Å². The molecule has 2 rings (SSSR count). The van der Waals surface area contributed by atoms with E-state index in [1.165, 1.54) is 0 Å². The zero-order valence-corrected chi connectivity index (χ0v) is 25.3. The van der Waals surface area contributed by atoms with E-state index in [1.807, 2.05) is 45.2 Å². The van der Waals surface area contributed by atoms with Gasteiger partial charge in [-0.2, -0.15) is 0 Å². The number of ether oxygens (including phenoxy) is 2. The van der Waals surface area contributed by atoms with Crippen molar-refractivity contribution >= 4 is 102 Å². The molecule has 31 heavy (non-hydrogen) atoms. The van der Waals surface area contributed by atoms with Crippen molar-refractivity contribution in [3.8, 4) is 17.2 Å². The van der Waals surface area contributed by atoms with E-state index in [0.717, 1.165) is 12.7 Å². The summed E-state index contributed by atoms with van der Waals surface area (Å²) < 4.78 is 14.1. The van der Waals surface area contributed by atoms with Crippen LogP contribution in [0, 0.1) is 14.3 Å². The molecular weight excluding hydrogens is 858 g/mol. The number of phenols is 1. The molecule has 0 heterocycles. The second-order valence-electron chi connectivity index (χ2n) is 7.44. The van der Waals surface area contributed by atoms with Crippen LogP contribution in [-0.2, 0) is 16.0 Å². The zero-order chi connectivity index (χ0) is 23.5. The third kappa shape index (κ3) is 8.21. The highest BCUT2D eigenvalue weighted by atomic mass is 127. The Kier molecular flexibility index (Phi) is 9.75. The van der Waals surface area contributed by atoms with Crippen molar-refractivity contribution in [2.24, 2.45) is 0 Å². The predicted octanol–water partition coefficient (Wildman–Crippen LogP) is 6.12. The first-order chi connectivity index (χ1) is 14.3. The second kappa shape index (κ2) is 11.2. The van der Waals surface area contributed by atoms with Crippen LogP contribution in [0.4, 0.5) is 4.79 Å². The van der Waals surface area contributed by atoms with E-state index >= 15 is 0 Å². The summed E-state index contributed by atoms with van der Waals surface area (Å²) in [6.45, 7) is 5.13. The molecule has 1 amide bonds. The summed E-state index contributed by atoms with van der Waals surface area (Å²) in [5, 5.41) is 21.9. The molecule has 1 unspecified atom stereocenters. The number of benzene rings is 2. The zero-order valence-electron chi connectivity index (χ0n) is 16.6. The number of aliphatic carboxylic acids is 1. The summed E-state index contributed by atoms with van der Waals surface area (Å²) in [4.78, 5) is 23.7. The molecule has 168 valence electrons. The molecule has 0 aliphatic heterocycles. The minimum absolute atomic E-state index is 0.0976. The molecule has 0 aliphatic rings. The third-order valence-corrected chi connectivity index (χ3v) is 7.31. The van der Waals surface area contributed by atoms with Gasteiger partial charge in [0, 0.05) is 13.6 Å². The number of carboxylic acids is 1. The number of nitrogens with one attached hydrogen (secondary N) is 1. The lowest BCUT2D eigenvalue weighted by molar-refractivity contribution is -0.139. The maximum absolute atomic E-state index is 12.0. The smallest absolute Gasteiger partial charge is 0.408 e. The van der Waals surface area contributed by atoms with Gasteiger partial charge in [0.15, 0.2) is 0 Å². The van der Waals surface area contributed by atoms with E-state index in [0.29, 0.717) is 18.6 Å². The molecule has 0 fully saturated rings. The monoisotopic (exact) mass is 877 g/mol. The molecule has 0 saturated carbocycles. The van der Waals surface area contributed by atoms with Gasteiger partial charge in [0.1, 0.15) is 28.9 Å². The van der Waals surface area contributed by atoms with E-state index in [2.05, 4.69) is 50.5 Å². The summed E-state index contributed by atoms with van der Waals surface area (Å²) in [7, 11) is 0. The van der Waals surface area contributed by atoms with Crippen LogP contribution in [-0.4, -0.2) is 33.9 Å². The molecule has 3 N–H and O–H groups in total. The Hall–Kier alpha value is -0.300. The quantitative estimate of drug-likeness (QED) is 0.303. The first-order valence-electron chi connectivity index (χ1n) is 8.83. The van der Waals surface area contributed by atoms with Crippen LogP contribution in [0.1, 0.15) is 26.3 Å². The number of amides is 1. The number of hydrogen-bond acceptors (Lipinski definition) is 5. The van der Waals surface area contributed by atoms with Gasteiger partial charge in [0.2, 0.25) is 0 Å². The Balaban J connectivity index is 2.22. The third-order valence-electron chi connectivity index (χ3n) is 3.74. The van der Waals surface area contributed by atoms with Crippen molar-refractivity contribution in [3.63, 3.8) is 0 Å². The highest BCUT2D eigenvalue weighted by Gasteiger charge is 2.26. The summed E-state index contributed by atoms with van der Waals surface area (Å²) in [5.41, 5.74) is 0.0608. The van der Waals surface area contributed by atoms with Gasteiger partial charge in [0.25, 0.3) is 0 Å². The summed E-state index contributed by atoms with van der Waals surface area (Å²) in [5.74, 6) is 0.235. The molecule has 0 aromatic heterocycles. The number of aromatic hydroxyl groups is 1. The van der Waals surface area contributed by atoms with Crippen LogP contribution in [0.3, 0.4) is 0 Å². The Bertz CT molecular complexity index is 960. The fraction of sp³-hybridized carbons (Fsp3) is 0.300. The van der Waals surface area contributed by atoms with E-state index in [4.69, 9.17) is 9.47 Å². The average Bonchev–Trinajstić information content (AvgIpc) is 2.59. The van der Waals surface area contributed by atoms with Crippen LogP contribution < -0.4 is 10.1 Å². The Morgan fingerprint density at radius 2 is 1.42 bits per heavy atom. The van der Waals surface area contributed by atoms with Crippen LogP contribution in [0.15, 0.2) is 24.3 Å². The first-order valence-corrected chi connectivity index (χ1v) is 13.1. The molecule has 7 nitrogen and oxygen atoms in total. The summed E-state index contributed by atoms with van der Waals surface area (Å²) in [6.07, 6.45) is -0.679. The number of carboxylic acid groups (broad SMARTS) is 1. The minimum atomic E-state index is -1.15. The Morgan fingerprint density at radius 3 is 1.84 bits per heavy atom. The van der Waals surface area contributed by atoms with Crippen molar-refractivity contribution in [2.75, 3.05) is 0 Å². The molecular formula is C20H19I4NO6. The van der Waals surface area contributed by atoms with E-state index in [-0.39, 0.29) is 12.2 Å². The molecule has 0 radical (unpaired) electrons. The lowest BCUT2D eigenvalue weighted by Crippen LogP contribution is -2.44. The van der Waals surface area contributed by atoms with Crippen molar-refractivity contribution in [1.29, 1.82) is 0 Å². The van der Waals surface area contributed by atoms with E-state index < -0.39 is 23.7 Å². The van der Waals surface area contributed by atoms with Crippen molar-refractivity contribution in [2.45, 2.75) is 38.8 Å². The van der Waals surface area contributed by atoms with E-state index in [9.17, 15) is 19.8 Å². The summed E-state index contributed by atoms with van der Waals surface area (Å²) >= 11 is 8.31. The fourth-order valence-electron chi connectivity index (χ4n) is 2.42. The Morgan fingerprint density at radius 1 is 0.968 bits per heavy atom. The summed E-state index contributed by atoms with van der Waals surface area (Å²) in [6, 6.07) is 5.94. The standard InChI is InChI=1S/C20H19I4NO6/c1-20(2,3)31-19(29)25-16(18(27)28)8-11-12(21)4-9(5-13(11)22)30-10-6-14(23)17(26)15(24)7-10/h4-7,16,26H,8H2,1-3H3,(H,25,29)(H,27,28). The molecule has 1 atom stereocenters. The molecule has 2 aromatic rings. The molecule has 0 bridgehead atoms. The largest absolute Gasteiger partial charge is 0.506 e. The maximum atomic E-state index is 12.0. The molecule has 0 spiro atoms. The number of rotatable bonds is 6. The van der Waals surface area contributed by atoms with E-state index in [1.54, 1.807) is 45.0 Å². The number of phenolic OH excluding ortho intramolecular Hbond substituents is 1. The van der Waals surface area contributed by atoms with Gasteiger partial charge in [-0.1, -0.05) is 0 Å². The van der Waals surface area contributed by atoms with Crippen LogP contribution in [0.2, 0.25) is 0 Å². The average molecular weight is 877 g/mol. The van der Waals surface area contributed by atoms with Crippen molar-refractivity contribution < 1.29 is 29.3 Å². The number of carbonyl (C=O) groups excluding carboxylic acids is 1. The van der Waals surface area contributed by atoms with Gasteiger partial charge in [-0.3, -0.25) is 0 Å². The molecule has 2 aromatic carbocycles.